The van der Waals surface area contributed by atoms with Crippen LogP contribution >= 0.6 is 23.1 Å². The van der Waals surface area contributed by atoms with Crippen LogP contribution in [0.25, 0.3) is 0 Å². The molecule has 1 unspecified atom stereocenters. The Morgan fingerprint density at radius 1 is 0.829 bits per heavy atom. The van der Waals surface area contributed by atoms with E-state index < -0.39 is 0 Å². The average Bonchev–Trinajstić information content (AvgIpc) is 3.28. The zero-order chi connectivity index (χ0) is 24.6. The third-order valence-electron chi connectivity index (χ3n) is 4.61. The lowest BCUT2D eigenvalue weighted by molar-refractivity contribution is -0.115. The van der Waals surface area contributed by atoms with Crippen LogP contribution in [0.5, 0.6) is 11.5 Å². The van der Waals surface area contributed by atoms with E-state index in [1.807, 2.05) is 61.5 Å². The second-order valence-corrected chi connectivity index (χ2v) is 10.0. The van der Waals surface area contributed by atoms with E-state index in [1.165, 1.54) is 30.0 Å². The zero-order valence-electron chi connectivity index (χ0n) is 19.0. The van der Waals surface area contributed by atoms with Crippen LogP contribution < -0.4 is 20.7 Å². The maximum Gasteiger partial charge on any atom is 0.237 e. The summed E-state index contributed by atoms with van der Waals surface area (Å²) in [6.45, 7) is 3.26. The molecule has 0 aliphatic heterocycles. The quantitative estimate of drug-likeness (QED) is 0.234. The summed E-state index contributed by atoms with van der Waals surface area (Å²) in [7, 11) is 0. The number of nitrogens with zero attached hydrogens (tertiary/aromatic N) is 2. The number of thioether (sulfide) groups is 1. The number of carbonyl (C=O) groups excluding carboxylic acids is 2. The summed E-state index contributed by atoms with van der Waals surface area (Å²) in [6.07, 6.45) is 0. The largest absolute Gasteiger partial charge is 0.457 e. The van der Waals surface area contributed by atoms with Crippen molar-refractivity contribution < 1.29 is 14.3 Å². The lowest BCUT2D eigenvalue weighted by atomic mass is 10.2. The molecular weight excluding hydrogens is 482 g/mol. The Morgan fingerprint density at radius 2 is 1.43 bits per heavy atom. The number of benzene rings is 3. The SMILES string of the molecule is CC(=O)Nc1ccc(NC(=O)C(C)Sc2nnc(Nc3ccc(Oc4ccccc4)cc3)s2)cc1. The molecule has 2 amide bonds. The van der Waals surface area contributed by atoms with Gasteiger partial charge in [-0.05, 0) is 67.6 Å². The van der Waals surface area contributed by atoms with E-state index in [4.69, 9.17) is 4.74 Å². The number of ether oxygens (including phenoxy) is 1. The van der Waals surface area contributed by atoms with Crippen molar-refractivity contribution in [3.63, 3.8) is 0 Å². The molecule has 10 heteroatoms. The summed E-state index contributed by atoms with van der Waals surface area (Å²) in [4.78, 5) is 23.7. The first-order valence-electron chi connectivity index (χ1n) is 10.7. The molecular formula is C25H23N5O3S2. The highest BCUT2D eigenvalue weighted by atomic mass is 32.2. The Bertz CT molecular complexity index is 1280. The van der Waals surface area contributed by atoms with Gasteiger partial charge < -0.3 is 20.7 Å². The number of anilines is 4. The van der Waals surface area contributed by atoms with Crippen molar-refractivity contribution in [2.75, 3.05) is 16.0 Å². The third kappa shape index (κ3) is 7.29. The highest BCUT2D eigenvalue weighted by Crippen LogP contribution is 2.31. The number of rotatable bonds is 9. The fourth-order valence-electron chi connectivity index (χ4n) is 2.95. The number of para-hydroxylation sites is 1. The molecule has 0 saturated carbocycles. The van der Waals surface area contributed by atoms with Gasteiger partial charge in [0.25, 0.3) is 0 Å². The van der Waals surface area contributed by atoms with Gasteiger partial charge in [0.1, 0.15) is 11.5 Å². The van der Waals surface area contributed by atoms with Gasteiger partial charge in [-0.2, -0.15) is 0 Å². The fourth-order valence-corrected chi connectivity index (χ4v) is 4.87. The normalized spacial score (nSPS) is 11.4. The summed E-state index contributed by atoms with van der Waals surface area (Å²) >= 11 is 2.71. The van der Waals surface area contributed by atoms with Crippen LogP contribution in [0, 0.1) is 0 Å². The van der Waals surface area contributed by atoms with Crippen LogP contribution in [0.15, 0.2) is 83.2 Å². The summed E-state index contributed by atoms with van der Waals surface area (Å²) in [5, 5.41) is 17.4. The number of nitrogens with one attached hydrogen (secondary N) is 3. The Balaban J connectivity index is 1.28. The number of aromatic nitrogens is 2. The predicted molar refractivity (Wildman–Crippen MR) is 141 cm³/mol. The zero-order valence-corrected chi connectivity index (χ0v) is 20.7. The van der Waals surface area contributed by atoms with E-state index in [9.17, 15) is 9.59 Å². The number of amides is 2. The van der Waals surface area contributed by atoms with Gasteiger partial charge in [0, 0.05) is 24.0 Å². The van der Waals surface area contributed by atoms with Crippen molar-refractivity contribution in [1.82, 2.24) is 10.2 Å². The summed E-state index contributed by atoms with van der Waals surface area (Å²) < 4.78 is 6.49. The van der Waals surface area contributed by atoms with Crippen LogP contribution in [-0.4, -0.2) is 27.3 Å². The molecule has 0 bridgehead atoms. The van der Waals surface area contributed by atoms with E-state index in [0.717, 1.165) is 17.2 Å². The molecule has 4 rings (SSSR count). The number of carbonyl (C=O) groups is 2. The van der Waals surface area contributed by atoms with Crippen molar-refractivity contribution in [2.24, 2.45) is 0 Å². The molecule has 1 aromatic heterocycles. The Kier molecular flexibility index (Phi) is 7.96. The maximum absolute atomic E-state index is 12.6. The predicted octanol–water partition coefficient (Wildman–Crippen LogP) is 6.15. The fraction of sp³-hybridized carbons (Fsp3) is 0.120. The topological polar surface area (TPSA) is 105 Å². The minimum atomic E-state index is -0.375. The lowest BCUT2D eigenvalue weighted by Crippen LogP contribution is -2.22. The molecule has 3 N–H and O–H groups in total. The van der Waals surface area contributed by atoms with E-state index in [1.54, 1.807) is 24.3 Å². The molecule has 8 nitrogen and oxygen atoms in total. The molecule has 0 spiro atoms. The van der Waals surface area contributed by atoms with E-state index in [2.05, 4.69) is 26.1 Å². The lowest BCUT2D eigenvalue weighted by Gasteiger charge is -2.11. The maximum atomic E-state index is 12.6. The first kappa shape index (κ1) is 24.2. The Hall–Kier alpha value is -3.89. The standard InChI is InChI=1S/C25H23N5O3S2/c1-16(23(32)27-19-10-8-18(9-11-19)26-17(2)31)34-25-30-29-24(35-25)28-20-12-14-22(15-13-20)33-21-6-4-3-5-7-21/h3-16H,1-2H3,(H,26,31)(H,27,32)(H,28,29). The molecule has 0 fully saturated rings. The van der Waals surface area contributed by atoms with Crippen LogP contribution in [0.2, 0.25) is 0 Å². The summed E-state index contributed by atoms with van der Waals surface area (Å²) in [5.74, 6) is 1.21. The van der Waals surface area contributed by atoms with Gasteiger partial charge in [-0.1, -0.05) is 41.3 Å². The van der Waals surface area contributed by atoms with Gasteiger partial charge in [0.05, 0.1) is 5.25 Å². The molecule has 0 radical (unpaired) electrons. The molecule has 1 atom stereocenters. The molecule has 178 valence electrons. The minimum Gasteiger partial charge on any atom is -0.457 e. The molecule has 0 aliphatic carbocycles. The summed E-state index contributed by atoms with van der Waals surface area (Å²) in [5.41, 5.74) is 2.17. The monoisotopic (exact) mass is 505 g/mol. The van der Waals surface area contributed by atoms with Crippen molar-refractivity contribution in [3.05, 3.63) is 78.9 Å². The molecule has 35 heavy (non-hydrogen) atoms. The van der Waals surface area contributed by atoms with Crippen LogP contribution in [-0.2, 0) is 9.59 Å². The first-order valence-corrected chi connectivity index (χ1v) is 12.4. The Morgan fingerprint density at radius 3 is 2.09 bits per heavy atom. The van der Waals surface area contributed by atoms with Crippen molar-refractivity contribution in [3.8, 4) is 11.5 Å². The van der Waals surface area contributed by atoms with Crippen molar-refractivity contribution in [1.29, 1.82) is 0 Å². The highest BCUT2D eigenvalue weighted by Gasteiger charge is 2.17. The Labute approximate surface area is 211 Å². The first-order chi connectivity index (χ1) is 16.9. The van der Waals surface area contributed by atoms with E-state index in [0.29, 0.717) is 20.8 Å². The average molecular weight is 506 g/mol. The molecule has 3 aromatic carbocycles. The van der Waals surface area contributed by atoms with E-state index >= 15 is 0 Å². The van der Waals surface area contributed by atoms with Crippen LogP contribution in [0.4, 0.5) is 22.2 Å². The minimum absolute atomic E-state index is 0.146. The summed E-state index contributed by atoms with van der Waals surface area (Å²) in [6, 6.07) is 24.1. The van der Waals surface area contributed by atoms with Gasteiger partial charge in [0.15, 0.2) is 4.34 Å². The smallest absolute Gasteiger partial charge is 0.237 e. The van der Waals surface area contributed by atoms with Crippen molar-refractivity contribution in [2.45, 2.75) is 23.4 Å². The van der Waals surface area contributed by atoms with Gasteiger partial charge in [0.2, 0.25) is 16.9 Å². The molecule has 4 aromatic rings. The molecule has 0 aliphatic rings. The second kappa shape index (κ2) is 11.5. The highest BCUT2D eigenvalue weighted by molar-refractivity contribution is 8.02. The molecule has 1 heterocycles. The number of hydrogen-bond acceptors (Lipinski definition) is 8. The van der Waals surface area contributed by atoms with E-state index in [-0.39, 0.29) is 17.1 Å². The second-order valence-electron chi connectivity index (χ2n) is 7.45. The van der Waals surface area contributed by atoms with Gasteiger partial charge >= 0.3 is 0 Å². The van der Waals surface area contributed by atoms with Gasteiger partial charge in [-0.3, -0.25) is 9.59 Å². The van der Waals surface area contributed by atoms with Gasteiger partial charge in [-0.15, -0.1) is 10.2 Å². The van der Waals surface area contributed by atoms with Crippen LogP contribution in [0.3, 0.4) is 0 Å². The third-order valence-corrected chi connectivity index (χ3v) is 6.63. The van der Waals surface area contributed by atoms with Gasteiger partial charge in [-0.25, -0.2) is 0 Å². The van der Waals surface area contributed by atoms with Crippen molar-refractivity contribution >= 4 is 57.1 Å². The number of hydrogen-bond donors (Lipinski definition) is 3. The van der Waals surface area contributed by atoms with Crippen LogP contribution in [0.1, 0.15) is 13.8 Å². The molecule has 0 saturated heterocycles.